The highest BCUT2D eigenvalue weighted by molar-refractivity contribution is 7.16. The van der Waals surface area contributed by atoms with Crippen LogP contribution in [0.25, 0.3) is 0 Å². The lowest BCUT2D eigenvalue weighted by Gasteiger charge is -2.17. The Bertz CT molecular complexity index is 827. The summed E-state index contributed by atoms with van der Waals surface area (Å²) < 4.78 is 4.83. The number of hydrogen-bond donors (Lipinski definition) is 2. The molecular weight excluding hydrogens is 348 g/mol. The lowest BCUT2D eigenvalue weighted by atomic mass is 10.00. The normalized spacial score (nSPS) is 11.9. The minimum atomic E-state index is -0.432. The average molecular weight is 375 g/mol. The van der Waals surface area contributed by atoms with Crippen LogP contribution in [-0.2, 0) is 9.53 Å². The molecule has 0 saturated heterocycles. The second-order valence-corrected chi connectivity index (χ2v) is 7.71. The van der Waals surface area contributed by atoms with Crippen LogP contribution in [0.3, 0.4) is 0 Å². The molecule has 0 spiro atoms. The molecule has 0 aliphatic heterocycles. The number of aryl methyl sites for hydroxylation is 3. The van der Waals surface area contributed by atoms with Crippen molar-refractivity contribution in [2.45, 2.75) is 40.7 Å². The van der Waals surface area contributed by atoms with E-state index in [9.17, 15) is 9.59 Å². The van der Waals surface area contributed by atoms with Crippen molar-refractivity contribution in [1.29, 1.82) is 0 Å². The number of esters is 1. The highest BCUT2D eigenvalue weighted by Gasteiger charge is 2.21. The molecular formula is C20H26N2O3S. The minimum absolute atomic E-state index is 0.0486. The summed E-state index contributed by atoms with van der Waals surface area (Å²) >= 11 is 1.39. The zero-order valence-corrected chi connectivity index (χ0v) is 17.0. The predicted molar refractivity (Wildman–Crippen MR) is 106 cm³/mol. The molecule has 5 nitrogen and oxygen atoms in total. The quantitative estimate of drug-likeness (QED) is 0.749. The molecule has 26 heavy (non-hydrogen) atoms. The van der Waals surface area contributed by atoms with Crippen LogP contribution in [0, 0.1) is 27.7 Å². The monoisotopic (exact) mass is 374 g/mol. The Hall–Kier alpha value is -2.18. The molecule has 1 amide bonds. The van der Waals surface area contributed by atoms with E-state index in [0.717, 1.165) is 10.4 Å². The zero-order chi connectivity index (χ0) is 19.4. The molecule has 1 heterocycles. The molecule has 1 atom stereocenters. The summed E-state index contributed by atoms with van der Waals surface area (Å²) in [6, 6.07) is 6.34. The van der Waals surface area contributed by atoms with Crippen molar-refractivity contribution in [3.8, 4) is 0 Å². The molecule has 0 aliphatic rings. The summed E-state index contributed by atoms with van der Waals surface area (Å²) in [5.41, 5.74) is 4.83. The van der Waals surface area contributed by atoms with Crippen LogP contribution in [0.15, 0.2) is 18.2 Å². The molecule has 0 fully saturated rings. The Balaban J connectivity index is 2.05. The van der Waals surface area contributed by atoms with E-state index in [1.54, 1.807) is 0 Å². The van der Waals surface area contributed by atoms with E-state index in [-0.39, 0.29) is 18.5 Å². The summed E-state index contributed by atoms with van der Waals surface area (Å²) in [5, 5.41) is 6.62. The van der Waals surface area contributed by atoms with Gasteiger partial charge in [0.1, 0.15) is 5.00 Å². The van der Waals surface area contributed by atoms with Crippen LogP contribution in [0.2, 0.25) is 0 Å². The zero-order valence-electron chi connectivity index (χ0n) is 16.1. The SMILES string of the molecule is COC(=O)c1c(NC(=O)CN[C@@H](C)c2cc(C)ccc2C)sc(C)c1C. The van der Waals surface area contributed by atoms with E-state index >= 15 is 0 Å². The first-order valence-electron chi connectivity index (χ1n) is 8.53. The second kappa shape index (κ2) is 8.47. The fourth-order valence-electron chi connectivity index (χ4n) is 2.82. The Morgan fingerprint density at radius 2 is 1.88 bits per heavy atom. The summed E-state index contributed by atoms with van der Waals surface area (Å²) in [6.07, 6.45) is 0. The molecule has 0 unspecified atom stereocenters. The van der Waals surface area contributed by atoms with E-state index < -0.39 is 5.97 Å². The average Bonchev–Trinajstić information content (AvgIpc) is 2.88. The third-order valence-electron chi connectivity index (χ3n) is 4.50. The Labute approximate surface area is 158 Å². The fourth-order valence-corrected chi connectivity index (χ4v) is 3.88. The third-order valence-corrected chi connectivity index (χ3v) is 5.62. The van der Waals surface area contributed by atoms with Gasteiger partial charge in [-0.25, -0.2) is 4.79 Å². The molecule has 1 aromatic heterocycles. The van der Waals surface area contributed by atoms with Gasteiger partial charge in [-0.3, -0.25) is 4.79 Å². The number of methoxy groups -OCH3 is 1. The lowest BCUT2D eigenvalue weighted by molar-refractivity contribution is -0.115. The minimum Gasteiger partial charge on any atom is -0.465 e. The van der Waals surface area contributed by atoms with Crippen molar-refractivity contribution in [1.82, 2.24) is 5.32 Å². The van der Waals surface area contributed by atoms with E-state index in [1.807, 2.05) is 20.8 Å². The third kappa shape index (κ3) is 4.51. The molecule has 140 valence electrons. The summed E-state index contributed by atoms with van der Waals surface area (Å²) in [6.45, 7) is 10.1. The molecule has 2 N–H and O–H groups in total. The van der Waals surface area contributed by atoms with Crippen LogP contribution >= 0.6 is 11.3 Å². The van der Waals surface area contributed by atoms with Gasteiger partial charge in [-0.15, -0.1) is 11.3 Å². The fraction of sp³-hybridized carbons (Fsp3) is 0.400. The number of nitrogens with one attached hydrogen (secondary N) is 2. The maximum Gasteiger partial charge on any atom is 0.341 e. The van der Waals surface area contributed by atoms with Crippen molar-refractivity contribution in [2.75, 3.05) is 19.0 Å². The van der Waals surface area contributed by atoms with Gasteiger partial charge in [0.05, 0.1) is 19.2 Å². The molecule has 0 radical (unpaired) electrons. The highest BCUT2D eigenvalue weighted by atomic mass is 32.1. The molecule has 2 rings (SSSR count). The van der Waals surface area contributed by atoms with Gasteiger partial charge >= 0.3 is 5.97 Å². The van der Waals surface area contributed by atoms with Gasteiger partial charge in [-0.1, -0.05) is 23.8 Å². The lowest BCUT2D eigenvalue weighted by Crippen LogP contribution is -2.30. The number of rotatable bonds is 6. The van der Waals surface area contributed by atoms with Gasteiger partial charge in [0, 0.05) is 10.9 Å². The topological polar surface area (TPSA) is 67.4 Å². The maximum atomic E-state index is 12.4. The maximum absolute atomic E-state index is 12.4. The summed E-state index contributed by atoms with van der Waals surface area (Å²) in [5.74, 6) is -0.618. The highest BCUT2D eigenvalue weighted by Crippen LogP contribution is 2.32. The van der Waals surface area contributed by atoms with Crippen molar-refractivity contribution in [3.63, 3.8) is 0 Å². The first-order valence-corrected chi connectivity index (χ1v) is 9.35. The number of carbonyl (C=O) groups is 2. The van der Waals surface area contributed by atoms with Crippen LogP contribution in [-0.4, -0.2) is 25.5 Å². The molecule has 0 aliphatic carbocycles. The first kappa shape index (κ1) is 20.1. The second-order valence-electron chi connectivity index (χ2n) is 6.49. The van der Waals surface area contributed by atoms with Crippen molar-refractivity contribution in [2.24, 2.45) is 0 Å². The number of ether oxygens (including phenoxy) is 1. The van der Waals surface area contributed by atoms with Crippen LogP contribution in [0.4, 0.5) is 5.00 Å². The Morgan fingerprint density at radius 3 is 2.54 bits per heavy atom. The van der Waals surface area contributed by atoms with Gasteiger partial charge in [0.15, 0.2) is 0 Å². The molecule has 1 aromatic carbocycles. The number of benzene rings is 1. The van der Waals surface area contributed by atoms with E-state index in [4.69, 9.17) is 4.74 Å². The van der Waals surface area contributed by atoms with Crippen LogP contribution in [0.5, 0.6) is 0 Å². The van der Waals surface area contributed by atoms with Crippen molar-refractivity contribution in [3.05, 3.63) is 50.9 Å². The summed E-state index contributed by atoms with van der Waals surface area (Å²) in [7, 11) is 1.34. The molecule has 0 bridgehead atoms. The van der Waals surface area contributed by atoms with Gasteiger partial charge in [-0.2, -0.15) is 0 Å². The van der Waals surface area contributed by atoms with Gasteiger partial charge in [0.25, 0.3) is 0 Å². The molecule has 0 saturated carbocycles. The largest absolute Gasteiger partial charge is 0.465 e. The number of anilines is 1. The van der Waals surface area contributed by atoms with Crippen molar-refractivity contribution >= 4 is 28.2 Å². The number of carbonyl (C=O) groups excluding carboxylic acids is 2. The van der Waals surface area contributed by atoms with Gasteiger partial charge in [-0.05, 0) is 51.3 Å². The van der Waals surface area contributed by atoms with Gasteiger partial charge in [0.2, 0.25) is 5.91 Å². The Kier molecular flexibility index (Phi) is 6.56. The molecule has 6 heteroatoms. The summed E-state index contributed by atoms with van der Waals surface area (Å²) in [4.78, 5) is 25.3. The van der Waals surface area contributed by atoms with Gasteiger partial charge < -0.3 is 15.4 Å². The predicted octanol–water partition coefficient (Wildman–Crippen LogP) is 4.06. The van der Waals surface area contributed by atoms with Crippen molar-refractivity contribution < 1.29 is 14.3 Å². The van der Waals surface area contributed by atoms with Crippen LogP contribution < -0.4 is 10.6 Å². The number of amides is 1. The smallest absolute Gasteiger partial charge is 0.341 e. The Morgan fingerprint density at radius 1 is 1.19 bits per heavy atom. The standard InChI is InChI=1S/C20H26N2O3S/c1-11-7-8-12(2)16(9-11)14(4)21-10-17(23)22-19-18(20(24)25-6)13(3)15(5)26-19/h7-9,14,21H,10H2,1-6H3,(H,22,23)/t14-/m0/s1. The number of hydrogen-bond acceptors (Lipinski definition) is 5. The van der Waals surface area contributed by atoms with E-state index in [1.165, 1.54) is 35.1 Å². The molecule has 2 aromatic rings. The van der Waals surface area contributed by atoms with E-state index in [2.05, 4.69) is 42.7 Å². The number of thiophene rings is 1. The van der Waals surface area contributed by atoms with Crippen LogP contribution in [0.1, 0.15) is 50.5 Å². The first-order chi connectivity index (χ1) is 12.2. The van der Waals surface area contributed by atoms with E-state index in [0.29, 0.717) is 10.6 Å².